The lowest BCUT2D eigenvalue weighted by atomic mass is 9.98. The molecule has 18 heavy (non-hydrogen) atoms. The quantitative estimate of drug-likeness (QED) is 0.837. The van der Waals surface area contributed by atoms with E-state index < -0.39 is 0 Å². The highest BCUT2D eigenvalue weighted by Gasteiger charge is 2.13. The van der Waals surface area contributed by atoms with Gasteiger partial charge in [0.2, 0.25) is 0 Å². The number of aromatic nitrogens is 2. The second-order valence-electron chi connectivity index (χ2n) is 4.94. The molecular formula is C14H24N4. The Morgan fingerprint density at radius 1 is 1.22 bits per heavy atom. The van der Waals surface area contributed by atoms with Crippen molar-refractivity contribution in [2.75, 3.05) is 25.0 Å². The summed E-state index contributed by atoms with van der Waals surface area (Å²) in [7, 11) is 0. The summed E-state index contributed by atoms with van der Waals surface area (Å²) in [4.78, 5) is 9.05. The number of hydrogen-bond acceptors (Lipinski definition) is 4. The molecule has 4 nitrogen and oxygen atoms in total. The topological polar surface area (TPSA) is 49.8 Å². The fourth-order valence-corrected chi connectivity index (χ4v) is 2.32. The van der Waals surface area contributed by atoms with Crippen LogP contribution in [-0.2, 0) is 12.8 Å². The van der Waals surface area contributed by atoms with Crippen molar-refractivity contribution < 1.29 is 0 Å². The Morgan fingerprint density at radius 2 is 2.00 bits per heavy atom. The van der Waals surface area contributed by atoms with Crippen LogP contribution in [0, 0.1) is 5.92 Å². The molecule has 4 heteroatoms. The van der Waals surface area contributed by atoms with E-state index in [9.17, 15) is 0 Å². The second kappa shape index (κ2) is 6.69. The van der Waals surface area contributed by atoms with Gasteiger partial charge in [0.15, 0.2) is 0 Å². The van der Waals surface area contributed by atoms with Crippen LogP contribution in [0.2, 0.25) is 0 Å². The van der Waals surface area contributed by atoms with E-state index in [0.29, 0.717) is 0 Å². The van der Waals surface area contributed by atoms with Gasteiger partial charge in [0.05, 0.1) is 0 Å². The molecule has 2 N–H and O–H groups in total. The van der Waals surface area contributed by atoms with E-state index in [1.807, 2.05) is 0 Å². The van der Waals surface area contributed by atoms with Gasteiger partial charge in [0, 0.05) is 24.7 Å². The van der Waals surface area contributed by atoms with Crippen LogP contribution in [-0.4, -0.2) is 29.6 Å². The maximum atomic E-state index is 4.55. The molecule has 1 aliphatic rings. The maximum Gasteiger partial charge on any atom is 0.130 e. The monoisotopic (exact) mass is 248 g/mol. The van der Waals surface area contributed by atoms with Crippen LogP contribution in [0.25, 0.3) is 0 Å². The highest BCUT2D eigenvalue weighted by molar-refractivity contribution is 5.36. The largest absolute Gasteiger partial charge is 0.370 e. The van der Waals surface area contributed by atoms with Gasteiger partial charge in [-0.1, -0.05) is 13.8 Å². The fourth-order valence-electron chi connectivity index (χ4n) is 2.32. The summed E-state index contributed by atoms with van der Waals surface area (Å²) >= 11 is 0. The van der Waals surface area contributed by atoms with Crippen LogP contribution in [0.5, 0.6) is 0 Å². The highest BCUT2D eigenvalue weighted by Crippen LogP contribution is 2.14. The lowest BCUT2D eigenvalue weighted by Gasteiger charge is -2.23. The molecule has 0 saturated carbocycles. The van der Waals surface area contributed by atoms with E-state index in [-0.39, 0.29) is 0 Å². The number of nitrogens with one attached hydrogen (secondary N) is 2. The minimum absolute atomic E-state index is 0.774. The average Bonchev–Trinajstić information content (AvgIpc) is 2.45. The predicted octanol–water partition coefficient (Wildman–Crippen LogP) is 2.01. The number of piperidine rings is 1. The standard InChI is InChI=1S/C14H24N4/c1-3-12-9-14(18-13(4-2)17-12)16-10-11-5-7-15-8-6-11/h9,11,15H,3-8,10H2,1-2H3,(H,16,17,18). The number of hydrogen-bond donors (Lipinski definition) is 2. The zero-order valence-corrected chi connectivity index (χ0v) is 11.5. The Kier molecular flexibility index (Phi) is 4.93. The Bertz CT molecular complexity index is 350. The normalized spacial score (nSPS) is 16.8. The predicted molar refractivity (Wildman–Crippen MR) is 74.9 cm³/mol. The van der Waals surface area contributed by atoms with E-state index in [0.717, 1.165) is 55.7 Å². The molecule has 1 aromatic rings. The van der Waals surface area contributed by atoms with Gasteiger partial charge in [0.25, 0.3) is 0 Å². The van der Waals surface area contributed by atoms with Crippen LogP contribution in [0.4, 0.5) is 5.82 Å². The van der Waals surface area contributed by atoms with E-state index in [4.69, 9.17) is 0 Å². The van der Waals surface area contributed by atoms with Crippen molar-refractivity contribution in [3.63, 3.8) is 0 Å². The molecule has 0 aliphatic carbocycles. The molecule has 2 heterocycles. The van der Waals surface area contributed by atoms with Crippen molar-refractivity contribution in [3.05, 3.63) is 17.6 Å². The van der Waals surface area contributed by atoms with E-state index in [2.05, 4.69) is 40.5 Å². The number of nitrogens with zero attached hydrogens (tertiary/aromatic N) is 2. The van der Waals surface area contributed by atoms with Crippen molar-refractivity contribution in [1.82, 2.24) is 15.3 Å². The zero-order valence-electron chi connectivity index (χ0n) is 11.5. The molecule has 1 fully saturated rings. The van der Waals surface area contributed by atoms with Crippen molar-refractivity contribution >= 4 is 5.82 Å². The molecular weight excluding hydrogens is 224 g/mol. The SMILES string of the molecule is CCc1cc(NCC2CCNCC2)nc(CC)n1. The summed E-state index contributed by atoms with van der Waals surface area (Å²) in [6, 6.07) is 2.08. The number of aryl methyl sites for hydroxylation is 2. The zero-order chi connectivity index (χ0) is 12.8. The van der Waals surface area contributed by atoms with Crippen LogP contribution in [0.15, 0.2) is 6.07 Å². The summed E-state index contributed by atoms with van der Waals surface area (Å²) < 4.78 is 0. The average molecular weight is 248 g/mol. The Balaban J connectivity index is 1.94. The van der Waals surface area contributed by atoms with E-state index in [1.165, 1.54) is 12.8 Å². The molecule has 1 saturated heterocycles. The van der Waals surface area contributed by atoms with Crippen molar-refractivity contribution in [2.24, 2.45) is 5.92 Å². The highest BCUT2D eigenvalue weighted by atomic mass is 15.0. The molecule has 100 valence electrons. The summed E-state index contributed by atoms with van der Waals surface area (Å²) in [5.74, 6) is 2.72. The number of anilines is 1. The third-order valence-corrected chi connectivity index (χ3v) is 3.53. The molecule has 0 amide bonds. The van der Waals surface area contributed by atoms with Crippen molar-refractivity contribution in [2.45, 2.75) is 39.5 Å². The first-order valence-electron chi connectivity index (χ1n) is 7.13. The molecule has 0 spiro atoms. The molecule has 1 aromatic heterocycles. The summed E-state index contributed by atoms with van der Waals surface area (Å²) in [5.41, 5.74) is 1.13. The number of rotatable bonds is 5. The maximum absolute atomic E-state index is 4.55. The van der Waals surface area contributed by atoms with Gasteiger partial charge in [-0.05, 0) is 38.3 Å². The lowest BCUT2D eigenvalue weighted by Crippen LogP contribution is -2.31. The summed E-state index contributed by atoms with van der Waals surface area (Å²) in [6.07, 6.45) is 4.39. The smallest absolute Gasteiger partial charge is 0.130 e. The van der Waals surface area contributed by atoms with Crippen LogP contribution in [0.1, 0.15) is 38.2 Å². The van der Waals surface area contributed by atoms with Crippen molar-refractivity contribution in [1.29, 1.82) is 0 Å². The van der Waals surface area contributed by atoms with Crippen LogP contribution < -0.4 is 10.6 Å². The van der Waals surface area contributed by atoms with Crippen LogP contribution in [0.3, 0.4) is 0 Å². The van der Waals surface area contributed by atoms with Gasteiger partial charge in [-0.3, -0.25) is 0 Å². The van der Waals surface area contributed by atoms with Gasteiger partial charge >= 0.3 is 0 Å². The minimum atomic E-state index is 0.774. The van der Waals surface area contributed by atoms with E-state index in [1.54, 1.807) is 0 Å². The minimum Gasteiger partial charge on any atom is -0.370 e. The molecule has 0 bridgehead atoms. The first kappa shape index (κ1) is 13.3. The Hall–Kier alpha value is -1.16. The summed E-state index contributed by atoms with van der Waals surface area (Å²) in [6.45, 7) is 7.57. The van der Waals surface area contributed by atoms with E-state index >= 15 is 0 Å². The van der Waals surface area contributed by atoms with Gasteiger partial charge < -0.3 is 10.6 Å². The Labute approximate surface area is 110 Å². The van der Waals surface area contributed by atoms with Gasteiger partial charge in [-0.15, -0.1) is 0 Å². The van der Waals surface area contributed by atoms with Gasteiger partial charge in [0.1, 0.15) is 11.6 Å². The molecule has 0 atom stereocenters. The first-order valence-corrected chi connectivity index (χ1v) is 7.13. The van der Waals surface area contributed by atoms with Gasteiger partial charge in [-0.25, -0.2) is 9.97 Å². The molecule has 0 radical (unpaired) electrons. The third-order valence-electron chi connectivity index (χ3n) is 3.53. The molecule has 0 aromatic carbocycles. The Morgan fingerprint density at radius 3 is 2.67 bits per heavy atom. The van der Waals surface area contributed by atoms with Gasteiger partial charge in [-0.2, -0.15) is 0 Å². The van der Waals surface area contributed by atoms with Crippen LogP contribution >= 0.6 is 0 Å². The fraction of sp³-hybridized carbons (Fsp3) is 0.714. The molecule has 2 rings (SSSR count). The lowest BCUT2D eigenvalue weighted by molar-refractivity contribution is 0.389. The molecule has 1 aliphatic heterocycles. The molecule has 0 unspecified atom stereocenters. The van der Waals surface area contributed by atoms with Crippen molar-refractivity contribution in [3.8, 4) is 0 Å². The first-order chi connectivity index (χ1) is 8.81. The second-order valence-corrected chi connectivity index (χ2v) is 4.94. The summed E-state index contributed by atoms with van der Waals surface area (Å²) in [5, 5.41) is 6.88. The third kappa shape index (κ3) is 3.67.